The Balaban J connectivity index is 1.68. The van der Waals surface area contributed by atoms with E-state index in [1.54, 1.807) is 11.0 Å². The second-order valence-corrected chi connectivity index (χ2v) is 7.09. The lowest BCUT2D eigenvalue weighted by Crippen LogP contribution is -2.33. The zero-order chi connectivity index (χ0) is 18.8. The summed E-state index contributed by atoms with van der Waals surface area (Å²) in [6.45, 7) is 0.497. The Bertz CT molecular complexity index is 1030. The van der Waals surface area contributed by atoms with Crippen molar-refractivity contribution < 1.29 is 4.79 Å². The number of amides is 1. The molecular formula is C20H18BrN5O. The SMILES string of the molecule is Cn1c(C(=O)NC(Cn2cncn2)c2ccccc2)c(Br)c2ccccc21. The van der Waals surface area contributed by atoms with Crippen LogP contribution in [0.3, 0.4) is 0 Å². The van der Waals surface area contributed by atoms with E-state index in [4.69, 9.17) is 0 Å². The smallest absolute Gasteiger partial charge is 0.269 e. The van der Waals surface area contributed by atoms with E-state index in [0.29, 0.717) is 12.2 Å². The summed E-state index contributed by atoms with van der Waals surface area (Å²) in [5, 5.41) is 8.34. The van der Waals surface area contributed by atoms with E-state index in [-0.39, 0.29) is 11.9 Å². The van der Waals surface area contributed by atoms with E-state index in [1.807, 2.05) is 66.2 Å². The number of aromatic nitrogens is 4. The molecule has 0 spiro atoms. The van der Waals surface area contributed by atoms with Crippen molar-refractivity contribution in [2.75, 3.05) is 0 Å². The van der Waals surface area contributed by atoms with Gasteiger partial charge < -0.3 is 9.88 Å². The Labute approximate surface area is 165 Å². The van der Waals surface area contributed by atoms with E-state index in [2.05, 4.69) is 31.3 Å². The molecule has 0 saturated heterocycles. The second kappa shape index (κ2) is 7.36. The number of fused-ring (bicyclic) bond motifs is 1. The summed E-state index contributed by atoms with van der Waals surface area (Å²) in [4.78, 5) is 17.2. The van der Waals surface area contributed by atoms with Crippen molar-refractivity contribution in [2.45, 2.75) is 12.6 Å². The summed E-state index contributed by atoms with van der Waals surface area (Å²) in [5.41, 5.74) is 2.61. The van der Waals surface area contributed by atoms with E-state index in [1.165, 1.54) is 6.33 Å². The van der Waals surface area contributed by atoms with Crippen LogP contribution in [-0.2, 0) is 13.6 Å². The van der Waals surface area contributed by atoms with Crippen molar-refractivity contribution >= 4 is 32.7 Å². The fourth-order valence-electron chi connectivity index (χ4n) is 3.26. The molecule has 1 atom stereocenters. The first kappa shape index (κ1) is 17.5. The summed E-state index contributed by atoms with van der Waals surface area (Å²) in [5.74, 6) is -0.144. The topological polar surface area (TPSA) is 64.7 Å². The van der Waals surface area contributed by atoms with E-state index in [9.17, 15) is 4.79 Å². The predicted molar refractivity (Wildman–Crippen MR) is 107 cm³/mol. The van der Waals surface area contributed by atoms with Crippen molar-refractivity contribution in [3.8, 4) is 0 Å². The number of halogens is 1. The molecule has 6 nitrogen and oxygen atoms in total. The van der Waals surface area contributed by atoms with E-state index >= 15 is 0 Å². The molecule has 2 heterocycles. The third-order valence-corrected chi connectivity index (χ3v) is 5.41. The first-order chi connectivity index (χ1) is 13.1. The highest BCUT2D eigenvalue weighted by atomic mass is 79.9. The van der Waals surface area contributed by atoms with Crippen molar-refractivity contribution in [3.05, 3.63) is 83.0 Å². The first-order valence-corrected chi connectivity index (χ1v) is 9.35. The molecule has 4 aromatic rings. The van der Waals surface area contributed by atoms with Gasteiger partial charge in [0.2, 0.25) is 0 Å². The minimum Gasteiger partial charge on any atom is -0.342 e. The van der Waals surface area contributed by atoms with Crippen LogP contribution in [0.2, 0.25) is 0 Å². The van der Waals surface area contributed by atoms with Gasteiger partial charge >= 0.3 is 0 Å². The van der Waals surface area contributed by atoms with Gasteiger partial charge in [0.05, 0.1) is 17.1 Å². The Morgan fingerprint density at radius 1 is 1.15 bits per heavy atom. The maximum atomic E-state index is 13.2. The molecule has 2 aromatic heterocycles. The number of rotatable bonds is 5. The molecule has 4 rings (SSSR count). The normalized spacial score (nSPS) is 12.2. The van der Waals surface area contributed by atoms with Gasteiger partial charge in [0.1, 0.15) is 18.3 Å². The summed E-state index contributed by atoms with van der Waals surface area (Å²) < 4.78 is 4.42. The van der Waals surface area contributed by atoms with Gasteiger partial charge in [-0.15, -0.1) is 0 Å². The number of para-hydroxylation sites is 1. The van der Waals surface area contributed by atoms with Crippen LogP contribution in [0.1, 0.15) is 22.1 Å². The molecule has 0 aliphatic heterocycles. The summed E-state index contributed by atoms with van der Waals surface area (Å²) >= 11 is 3.60. The summed E-state index contributed by atoms with van der Waals surface area (Å²) in [6.07, 6.45) is 3.14. The van der Waals surface area contributed by atoms with E-state index in [0.717, 1.165) is 20.9 Å². The fourth-order valence-corrected chi connectivity index (χ4v) is 4.04. The van der Waals surface area contributed by atoms with Crippen LogP contribution in [0.5, 0.6) is 0 Å². The lowest BCUT2D eigenvalue weighted by atomic mass is 10.1. The summed E-state index contributed by atoms with van der Waals surface area (Å²) in [6, 6.07) is 17.6. The lowest BCUT2D eigenvalue weighted by Gasteiger charge is -2.19. The number of carbonyl (C=O) groups is 1. The predicted octanol–water partition coefficient (Wildman–Crippen LogP) is 3.70. The van der Waals surface area contributed by atoms with Crippen LogP contribution in [-0.4, -0.2) is 25.2 Å². The zero-order valence-corrected chi connectivity index (χ0v) is 16.3. The Kier molecular flexibility index (Phi) is 4.77. The zero-order valence-electron chi connectivity index (χ0n) is 14.7. The number of hydrogen-bond donors (Lipinski definition) is 1. The number of nitrogens with zero attached hydrogens (tertiary/aromatic N) is 4. The maximum Gasteiger partial charge on any atom is 0.269 e. The number of carbonyl (C=O) groups excluding carboxylic acids is 1. The highest BCUT2D eigenvalue weighted by Gasteiger charge is 2.23. The molecule has 0 radical (unpaired) electrons. The molecule has 27 heavy (non-hydrogen) atoms. The van der Waals surface area contributed by atoms with Crippen LogP contribution in [0, 0.1) is 0 Å². The van der Waals surface area contributed by atoms with Gasteiger partial charge in [0.25, 0.3) is 5.91 Å². The van der Waals surface area contributed by atoms with Crippen molar-refractivity contribution in [1.29, 1.82) is 0 Å². The third-order valence-electron chi connectivity index (χ3n) is 4.60. The van der Waals surface area contributed by atoms with Gasteiger partial charge in [-0.3, -0.25) is 9.48 Å². The molecule has 0 fully saturated rings. The van der Waals surface area contributed by atoms with Crippen molar-refractivity contribution in [2.24, 2.45) is 7.05 Å². The molecule has 0 aliphatic rings. The largest absolute Gasteiger partial charge is 0.342 e. The Morgan fingerprint density at radius 2 is 1.89 bits per heavy atom. The first-order valence-electron chi connectivity index (χ1n) is 8.56. The van der Waals surface area contributed by atoms with Gasteiger partial charge in [0, 0.05) is 18.0 Å². The Morgan fingerprint density at radius 3 is 2.59 bits per heavy atom. The monoisotopic (exact) mass is 423 g/mol. The highest BCUT2D eigenvalue weighted by Crippen LogP contribution is 2.30. The van der Waals surface area contributed by atoms with Gasteiger partial charge in [-0.1, -0.05) is 48.5 Å². The van der Waals surface area contributed by atoms with Crippen LogP contribution in [0.4, 0.5) is 0 Å². The van der Waals surface area contributed by atoms with E-state index < -0.39 is 0 Å². The lowest BCUT2D eigenvalue weighted by molar-refractivity contribution is 0.0923. The van der Waals surface area contributed by atoms with Crippen LogP contribution >= 0.6 is 15.9 Å². The van der Waals surface area contributed by atoms with Gasteiger partial charge in [-0.25, -0.2) is 4.98 Å². The molecular weight excluding hydrogens is 406 g/mol. The number of hydrogen-bond acceptors (Lipinski definition) is 3. The molecule has 2 aromatic carbocycles. The molecule has 0 saturated carbocycles. The molecule has 0 bridgehead atoms. The van der Waals surface area contributed by atoms with Crippen LogP contribution < -0.4 is 5.32 Å². The molecule has 1 N–H and O–H groups in total. The quantitative estimate of drug-likeness (QED) is 0.532. The number of aryl methyl sites for hydroxylation is 1. The second-order valence-electron chi connectivity index (χ2n) is 6.29. The average molecular weight is 424 g/mol. The average Bonchev–Trinajstić information content (AvgIpc) is 3.29. The van der Waals surface area contributed by atoms with Crippen LogP contribution in [0.15, 0.2) is 71.7 Å². The fraction of sp³-hybridized carbons (Fsp3) is 0.150. The molecule has 1 amide bonds. The molecule has 1 unspecified atom stereocenters. The number of benzene rings is 2. The van der Waals surface area contributed by atoms with Gasteiger partial charge in [0.15, 0.2) is 0 Å². The number of nitrogens with one attached hydrogen (secondary N) is 1. The molecule has 136 valence electrons. The highest BCUT2D eigenvalue weighted by molar-refractivity contribution is 9.10. The molecule has 7 heteroatoms. The van der Waals surface area contributed by atoms with Gasteiger partial charge in [-0.2, -0.15) is 5.10 Å². The standard InChI is InChI=1S/C20H18BrN5O/c1-25-17-10-6-5-9-15(17)18(21)19(25)20(27)24-16(11-26-13-22-12-23-26)14-7-3-2-4-8-14/h2-10,12-13,16H,11H2,1H3,(H,24,27). The minimum absolute atomic E-state index is 0.144. The Hall–Kier alpha value is -2.93. The van der Waals surface area contributed by atoms with Crippen LogP contribution in [0.25, 0.3) is 10.9 Å². The summed E-state index contributed by atoms with van der Waals surface area (Å²) in [7, 11) is 1.90. The van der Waals surface area contributed by atoms with Gasteiger partial charge in [-0.05, 0) is 27.6 Å². The van der Waals surface area contributed by atoms with Crippen molar-refractivity contribution in [3.63, 3.8) is 0 Å². The molecule has 0 aliphatic carbocycles. The maximum absolute atomic E-state index is 13.2. The third kappa shape index (κ3) is 3.38. The van der Waals surface area contributed by atoms with Crippen molar-refractivity contribution in [1.82, 2.24) is 24.6 Å². The minimum atomic E-state index is -0.231.